The van der Waals surface area contributed by atoms with Crippen LogP contribution in [0.1, 0.15) is 110 Å². The van der Waals surface area contributed by atoms with Gasteiger partial charge in [0.1, 0.15) is 0 Å². The predicted octanol–water partition coefficient (Wildman–Crippen LogP) is 5.50. The number of aliphatic hydroxyl groups excluding tert-OH is 1. The first-order valence-electron chi connectivity index (χ1n) is 10.1. The van der Waals surface area contributed by atoms with Crippen LogP contribution in [0.4, 0.5) is 0 Å². The van der Waals surface area contributed by atoms with E-state index in [1.165, 1.54) is 19.3 Å². The van der Waals surface area contributed by atoms with Crippen LogP contribution in [0.5, 0.6) is 0 Å². The predicted molar refractivity (Wildman–Crippen MR) is 102 cm³/mol. The van der Waals surface area contributed by atoms with E-state index in [2.05, 4.69) is 13.8 Å². The number of unbranched alkanes of at least 4 members (excludes halogenated alkanes) is 8. The Kier molecular flexibility index (Phi) is 15.1. The highest BCUT2D eigenvalue weighted by atomic mass is 32.2. The van der Waals surface area contributed by atoms with Gasteiger partial charge < -0.3 is 5.11 Å². The standard InChI is InChI=1S/C19H40O4S/c1-3-5-7-11-14-18(20)15-12-8-9-13-17-19(24(21,22)23)16-10-6-4-2/h18-20H,3-17H2,1-2H3,(H,21,22,23). The van der Waals surface area contributed by atoms with Gasteiger partial charge in [0.25, 0.3) is 10.1 Å². The Hall–Kier alpha value is -0.130. The van der Waals surface area contributed by atoms with Crippen LogP contribution >= 0.6 is 0 Å². The van der Waals surface area contributed by atoms with Crippen LogP contribution in [-0.2, 0) is 10.1 Å². The van der Waals surface area contributed by atoms with E-state index in [0.717, 1.165) is 64.2 Å². The average molecular weight is 365 g/mol. The molecule has 2 unspecified atom stereocenters. The second-order valence-electron chi connectivity index (χ2n) is 7.13. The highest BCUT2D eigenvalue weighted by Gasteiger charge is 2.21. The van der Waals surface area contributed by atoms with Gasteiger partial charge in [-0.1, -0.05) is 84.5 Å². The topological polar surface area (TPSA) is 74.6 Å². The number of aliphatic hydroxyl groups is 1. The third-order valence-corrected chi connectivity index (χ3v) is 6.07. The largest absolute Gasteiger partial charge is 0.393 e. The lowest BCUT2D eigenvalue weighted by molar-refractivity contribution is 0.147. The fourth-order valence-electron chi connectivity index (χ4n) is 3.12. The van der Waals surface area contributed by atoms with Gasteiger partial charge in [0.2, 0.25) is 0 Å². The highest BCUT2D eigenvalue weighted by Crippen LogP contribution is 2.19. The molecule has 24 heavy (non-hydrogen) atoms. The molecule has 0 radical (unpaired) electrons. The lowest BCUT2D eigenvalue weighted by Gasteiger charge is -2.14. The minimum absolute atomic E-state index is 0.179. The van der Waals surface area contributed by atoms with E-state index in [0.29, 0.717) is 12.8 Å². The van der Waals surface area contributed by atoms with Gasteiger partial charge in [-0.25, -0.2) is 0 Å². The third kappa shape index (κ3) is 14.2. The molecule has 0 spiro atoms. The van der Waals surface area contributed by atoms with Crippen molar-refractivity contribution in [1.82, 2.24) is 0 Å². The van der Waals surface area contributed by atoms with Crippen molar-refractivity contribution in [1.29, 1.82) is 0 Å². The Morgan fingerprint density at radius 2 is 1.04 bits per heavy atom. The minimum Gasteiger partial charge on any atom is -0.393 e. The first-order valence-corrected chi connectivity index (χ1v) is 11.6. The average Bonchev–Trinajstić information content (AvgIpc) is 2.52. The highest BCUT2D eigenvalue weighted by molar-refractivity contribution is 7.86. The quantitative estimate of drug-likeness (QED) is 0.264. The molecular formula is C19H40O4S. The Morgan fingerprint density at radius 1 is 0.667 bits per heavy atom. The summed E-state index contributed by atoms with van der Waals surface area (Å²) in [5.74, 6) is 0. The second kappa shape index (κ2) is 15.2. The summed E-state index contributed by atoms with van der Waals surface area (Å²) in [5.41, 5.74) is 0. The molecule has 0 aliphatic rings. The molecule has 0 fully saturated rings. The first kappa shape index (κ1) is 23.9. The molecule has 0 rings (SSSR count). The molecule has 0 aliphatic heterocycles. The molecule has 0 aromatic carbocycles. The molecule has 4 nitrogen and oxygen atoms in total. The van der Waals surface area contributed by atoms with Gasteiger partial charge in [0.05, 0.1) is 11.4 Å². The molecule has 0 saturated heterocycles. The summed E-state index contributed by atoms with van der Waals surface area (Å²) in [5, 5.41) is 9.32. The van der Waals surface area contributed by atoms with Gasteiger partial charge in [0.15, 0.2) is 0 Å². The van der Waals surface area contributed by atoms with E-state index >= 15 is 0 Å². The van der Waals surface area contributed by atoms with Crippen LogP contribution in [0.25, 0.3) is 0 Å². The van der Waals surface area contributed by atoms with Crippen molar-refractivity contribution >= 4 is 10.1 Å². The van der Waals surface area contributed by atoms with Gasteiger partial charge >= 0.3 is 0 Å². The van der Waals surface area contributed by atoms with Crippen molar-refractivity contribution in [2.24, 2.45) is 0 Å². The van der Waals surface area contributed by atoms with Gasteiger partial charge in [-0.2, -0.15) is 8.42 Å². The molecule has 0 amide bonds. The maximum absolute atomic E-state index is 11.4. The van der Waals surface area contributed by atoms with Crippen LogP contribution in [0.15, 0.2) is 0 Å². The summed E-state index contributed by atoms with van der Waals surface area (Å²) in [7, 11) is -3.91. The van der Waals surface area contributed by atoms with E-state index in [9.17, 15) is 18.1 Å². The van der Waals surface area contributed by atoms with Crippen LogP contribution < -0.4 is 0 Å². The van der Waals surface area contributed by atoms with E-state index in [1.807, 2.05) is 0 Å². The molecular weight excluding hydrogens is 324 g/mol. The van der Waals surface area contributed by atoms with Gasteiger partial charge in [0, 0.05) is 0 Å². The van der Waals surface area contributed by atoms with Crippen molar-refractivity contribution in [2.75, 3.05) is 0 Å². The summed E-state index contributed by atoms with van der Waals surface area (Å²) in [6.45, 7) is 4.27. The number of rotatable bonds is 17. The Labute approximate surface area is 150 Å². The molecule has 0 aromatic heterocycles. The molecule has 2 N–H and O–H groups in total. The van der Waals surface area contributed by atoms with Gasteiger partial charge in [-0.15, -0.1) is 0 Å². The molecule has 2 atom stereocenters. The van der Waals surface area contributed by atoms with Gasteiger partial charge in [-0.3, -0.25) is 4.55 Å². The third-order valence-electron chi connectivity index (χ3n) is 4.76. The van der Waals surface area contributed by atoms with Crippen molar-refractivity contribution in [2.45, 2.75) is 122 Å². The molecule has 0 aromatic rings. The Bertz CT molecular complexity index is 368. The first-order chi connectivity index (χ1) is 11.4. The van der Waals surface area contributed by atoms with Crippen molar-refractivity contribution in [3.8, 4) is 0 Å². The van der Waals surface area contributed by atoms with Crippen LogP contribution in [0, 0.1) is 0 Å². The summed E-state index contributed by atoms with van der Waals surface area (Å²) < 4.78 is 32.1. The zero-order valence-corrected chi connectivity index (χ0v) is 16.7. The monoisotopic (exact) mass is 364 g/mol. The maximum atomic E-state index is 11.4. The van der Waals surface area contributed by atoms with E-state index in [1.54, 1.807) is 0 Å². The molecule has 5 heteroatoms. The SMILES string of the molecule is CCCCCCC(O)CCCCCCC(CCCCC)S(=O)(=O)O. The van der Waals surface area contributed by atoms with E-state index < -0.39 is 15.4 Å². The minimum atomic E-state index is -3.91. The zero-order chi connectivity index (χ0) is 18.3. The van der Waals surface area contributed by atoms with Gasteiger partial charge in [-0.05, 0) is 25.7 Å². The van der Waals surface area contributed by atoms with Crippen molar-refractivity contribution < 1.29 is 18.1 Å². The number of hydrogen-bond acceptors (Lipinski definition) is 3. The molecule has 0 heterocycles. The lowest BCUT2D eigenvalue weighted by Crippen LogP contribution is -2.20. The summed E-state index contributed by atoms with van der Waals surface area (Å²) in [4.78, 5) is 0. The zero-order valence-electron chi connectivity index (χ0n) is 15.9. The van der Waals surface area contributed by atoms with Crippen molar-refractivity contribution in [3.63, 3.8) is 0 Å². The molecule has 0 bridgehead atoms. The van der Waals surface area contributed by atoms with E-state index in [4.69, 9.17) is 0 Å². The molecule has 0 saturated carbocycles. The summed E-state index contributed by atoms with van der Waals surface area (Å²) in [6.07, 6.45) is 14.3. The number of hydrogen-bond donors (Lipinski definition) is 2. The second-order valence-corrected chi connectivity index (χ2v) is 8.82. The Balaban J connectivity index is 3.70. The lowest BCUT2D eigenvalue weighted by atomic mass is 10.0. The molecule has 0 aliphatic carbocycles. The maximum Gasteiger partial charge on any atom is 0.267 e. The Morgan fingerprint density at radius 3 is 1.50 bits per heavy atom. The van der Waals surface area contributed by atoms with Crippen LogP contribution in [0.2, 0.25) is 0 Å². The van der Waals surface area contributed by atoms with Crippen molar-refractivity contribution in [3.05, 3.63) is 0 Å². The summed E-state index contributed by atoms with van der Waals surface area (Å²) in [6, 6.07) is 0. The molecule has 146 valence electrons. The van der Waals surface area contributed by atoms with Crippen LogP contribution in [-0.4, -0.2) is 29.4 Å². The smallest absolute Gasteiger partial charge is 0.267 e. The normalized spacial score (nSPS) is 14.7. The fraction of sp³-hybridized carbons (Fsp3) is 1.00. The van der Waals surface area contributed by atoms with E-state index in [-0.39, 0.29) is 6.10 Å². The van der Waals surface area contributed by atoms with Crippen LogP contribution in [0.3, 0.4) is 0 Å². The summed E-state index contributed by atoms with van der Waals surface area (Å²) >= 11 is 0. The fourth-order valence-corrected chi connectivity index (χ4v) is 4.05.